The van der Waals surface area contributed by atoms with Crippen LogP contribution in [0.1, 0.15) is 32.1 Å². The first kappa shape index (κ1) is 22.0. The average molecular weight is 470 g/mol. The number of ether oxygens (including phenoxy) is 2. The number of carbonyl (C=O) groups is 1. The van der Waals surface area contributed by atoms with Gasteiger partial charge in [0, 0.05) is 30.8 Å². The van der Waals surface area contributed by atoms with Crippen molar-refractivity contribution in [3.63, 3.8) is 0 Å². The fraction of sp³-hybridized carbons (Fsp3) is 0.458. The topological polar surface area (TPSA) is 106 Å². The van der Waals surface area contributed by atoms with Crippen LogP contribution in [0, 0.1) is 5.92 Å². The molecule has 0 radical (unpaired) electrons. The number of nitrogens with one attached hydrogen (secondary N) is 1. The lowest BCUT2D eigenvalue weighted by Crippen LogP contribution is -2.36. The first-order valence-corrected chi connectivity index (χ1v) is 11.9. The smallest absolute Gasteiger partial charge is 0.296 e. The maximum atomic E-state index is 11.1. The molecule has 1 saturated heterocycles. The number of aromatic nitrogens is 3. The van der Waals surface area contributed by atoms with Crippen molar-refractivity contribution in [1.29, 1.82) is 0 Å². The number of H-pyrrole nitrogens is 1. The number of halogens is 1. The Labute approximate surface area is 197 Å². The first-order chi connectivity index (χ1) is 16.0. The van der Waals surface area contributed by atoms with Crippen LogP contribution in [-0.4, -0.2) is 53.3 Å². The van der Waals surface area contributed by atoms with Gasteiger partial charge in [-0.3, -0.25) is 4.79 Å². The maximum absolute atomic E-state index is 11.1. The summed E-state index contributed by atoms with van der Waals surface area (Å²) < 4.78 is 11.5. The fourth-order valence-electron chi connectivity index (χ4n) is 4.70. The van der Waals surface area contributed by atoms with Gasteiger partial charge in [-0.1, -0.05) is 23.7 Å². The Kier molecular flexibility index (Phi) is 6.37. The zero-order valence-electron chi connectivity index (χ0n) is 18.4. The van der Waals surface area contributed by atoms with Gasteiger partial charge in [0.2, 0.25) is 5.91 Å². The largest absolute Gasteiger partial charge is 0.461 e. The second-order valence-electron chi connectivity index (χ2n) is 8.81. The Morgan fingerprint density at radius 2 is 1.88 bits per heavy atom. The van der Waals surface area contributed by atoms with E-state index < -0.39 is 0 Å². The quantitative estimate of drug-likeness (QED) is 0.566. The molecule has 9 heteroatoms. The Bertz CT molecular complexity index is 1120. The van der Waals surface area contributed by atoms with Crippen LogP contribution in [0.25, 0.3) is 22.4 Å². The van der Waals surface area contributed by atoms with E-state index >= 15 is 0 Å². The van der Waals surface area contributed by atoms with Crippen molar-refractivity contribution in [2.75, 3.05) is 31.2 Å². The molecule has 3 heterocycles. The molecule has 3 N–H and O–H groups in total. The van der Waals surface area contributed by atoms with E-state index in [0.29, 0.717) is 34.7 Å². The molecule has 0 unspecified atom stereocenters. The van der Waals surface area contributed by atoms with E-state index in [9.17, 15) is 4.79 Å². The highest BCUT2D eigenvalue weighted by Crippen LogP contribution is 2.32. The zero-order chi connectivity index (χ0) is 22.8. The predicted octanol–water partition coefficient (Wildman–Crippen LogP) is 3.93. The van der Waals surface area contributed by atoms with Crippen molar-refractivity contribution >= 4 is 34.4 Å². The highest BCUT2D eigenvalue weighted by atomic mass is 35.5. The second-order valence-corrected chi connectivity index (χ2v) is 9.22. The highest BCUT2D eigenvalue weighted by Gasteiger charge is 2.24. The van der Waals surface area contributed by atoms with E-state index in [1.54, 1.807) is 0 Å². The minimum Gasteiger partial charge on any atom is -0.461 e. The van der Waals surface area contributed by atoms with Crippen molar-refractivity contribution in [2.24, 2.45) is 11.7 Å². The molecule has 3 aromatic rings. The average Bonchev–Trinajstić information content (AvgIpc) is 3.21. The van der Waals surface area contributed by atoms with Crippen LogP contribution in [0.5, 0.6) is 6.01 Å². The van der Waals surface area contributed by atoms with Gasteiger partial charge in [-0.25, -0.2) is 4.98 Å². The maximum Gasteiger partial charge on any atom is 0.296 e. The number of rotatable bonds is 6. The summed E-state index contributed by atoms with van der Waals surface area (Å²) in [5, 5.41) is 0.559. The molecule has 8 nitrogen and oxygen atoms in total. The van der Waals surface area contributed by atoms with Crippen LogP contribution in [0.2, 0.25) is 5.02 Å². The summed E-state index contributed by atoms with van der Waals surface area (Å²) in [5.41, 5.74) is 9.44. The summed E-state index contributed by atoms with van der Waals surface area (Å²) in [6.45, 7) is 3.30. The molecule has 2 fully saturated rings. The van der Waals surface area contributed by atoms with Crippen molar-refractivity contribution in [3.8, 4) is 17.3 Å². The Balaban J connectivity index is 1.29. The number of anilines is 1. The van der Waals surface area contributed by atoms with Gasteiger partial charge in [0.25, 0.3) is 6.01 Å². The SMILES string of the molecule is NC(=O)CC1CCC(Oc2nc3nc(-c4ccc(N5CCOCC5)cc4)c(Cl)cc3[nH]2)CC1. The molecule has 1 aliphatic heterocycles. The first-order valence-electron chi connectivity index (χ1n) is 11.5. The van der Waals surface area contributed by atoms with Gasteiger partial charge >= 0.3 is 0 Å². The number of fused-ring (bicyclic) bond motifs is 1. The molecule has 33 heavy (non-hydrogen) atoms. The predicted molar refractivity (Wildman–Crippen MR) is 128 cm³/mol. The number of amides is 1. The summed E-state index contributed by atoms with van der Waals surface area (Å²) >= 11 is 6.57. The van der Waals surface area contributed by atoms with Crippen molar-refractivity contribution in [2.45, 2.75) is 38.2 Å². The van der Waals surface area contributed by atoms with Gasteiger partial charge in [0.05, 0.1) is 29.4 Å². The lowest BCUT2D eigenvalue weighted by atomic mass is 9.85. The molecular weight excluding hydrogens is 442 g/mol. The fourth-order valence-corrected chi connectivity index (χ4v) is 4.96. The van der Waals surface area contributed by atoms with E-state index in [2.05, 4.69) is 27.0 Å². The number of imidazole rings is 1. The normalized spacial score (nSPS) is 21.3. The van der Waals surface area contributed by atoms with E-state index in [0.717, 1.165) is 63.1 Å². The monoisotopic (exact) mass is 469 g/mol. The third-order valence-electron chi connectivity index (χ3n) is 6.48. The molecule has 0 spiro atoms. The lowest BCUT2D eigenvalue weighted by molar-refractivity contribution is -0.119. The van der Waals surface area contributed by atoms with Crippen LogP contribution in [0.15, 0.2) is 30.3 Å². The minimum absolute atomic E-state index is 0.0670. The number of benzene rings is 1. The number of aromatic amines is 1. The molecule has 2 aromatic heterocycles. The number of hydrogen-bond acceptors (Lipinski definition) is 6. The van der Waals surface area contributed by atoms with Gasteiger partial charge < -0.3 is 25.1 Å². The molecule has 5 rings (SSSR count). The number of carbonyl (C=O) groups excluding carboxylic acids is 1. The van der Waals surface area contributed by atoms with E-state index in [4.69, 9.17) is 31.8 Å². The molecule has 1 aliphatic carbocycles. The van der Waals surface area contributed by atoms with E-state index in [-0.39, 0.29) is 12.0 Å². The zero-order valence-corrected chi connectivity index (χ0v) is 19.2. The van der Waals surface area contributed by atoms with E-state index in [1.165, 1.54) is 5.69 Å². The van der Waals surface area contributed by atoms with Crippen molar-refractivity contribution < 1.29 is 14.3 Å². The number of primary amides is 1. The Morgan fingerprint density at radius 1 is 1.15 bits per heavy atom. The Hall–Kier alpha value is -2.84. The summed E-state index contributed by atoms with van der Waals surface area (Å²) in [7, 11) is 0. The number of hydrogen-bond donors (Lipinski definition) is 2. The molecule has 0 atom stereocenters. The summed E-state index contributed by atoms with van der Waals surface area (Å²) in [6.07, 6.45) is 4.15. The number of nitrogens with zero attached hydrogens (tertiary/aromatic N) is 3. The summed E-state index contributed by atoms with van der Waals surface area (Å²) in [4.78, 5) is 25.9. The molecule has 1 saturated carbocycles. The minimum atomic E-state index is -0.230. The van der Waals surface area contributed by atoms with Gasteiger partial charge in [0.1, 0.15) is 6.10 Å². The van der Waals surface area contributed by atoms with Gasteiger partial charge in [0.15, 0.2) is 5.65 Å². The van der Waals surface area contributed by atoms with Crippen molar-refractivity contribution in [3.05, 3.63) is 35.4 Å². The van der Waals surface area contributed by atoms with Gasteiger partial charge in [-0.2, -0.15) is 4.98 Å². The highest BCUT2D eigenvalue weighted by molar-refractivity contribution is 6.33. The van der Waals surface area contributed by atoms with Crippen molar-refractivity contribution in [1.82, 2.24) is 15.0 Å². The Morgan fingerprint density at radius 3 is 2.58 bits per heavy atom. The standard InChI is InChI=1S/C24H28ClN5O3/c25-19-14-20-23(29-24(27-20)33-18-7-1-15(2-8-18)13-21(26)31)28-22(19)16-3-5-17(6-4-16)30-9-11-32-12-10-30/h3-6,14-15,18H,1-2,7-13H2,(H2,26,31)(H,27,28,29). The van der Waals surface area contributed by atoms with Crippen LogP contribution in [0.4, 0.5) is 5.69 Å². The van der Waals surface area contributed by atoms with Crippen LogP contribution in [-0.2, 0) is 9.53 Å². The molecule has 1 aromatic carbocycles. The third kappa shape index (κ3) is 5.07. The molecule has 174 valence electrons. The van der Waals surface area contributed by atoms with Gasteiger partial charge in [-0.15, -0.1) is 0 Å². The molecule has 0 bridgehead atoms. The molecular formula is C24H28ClN5O3. The molecule has 2 aliphatic rings. The molecule has 1 amide bonds. The van der Waals surface area contributed by atoms with Crippen LogP contribution < -0.4 is 15.4 Å². The third-order valence-corrected chi connectivity index (χ3v) is 6.77. The van der Waals surface area contributed by atoms with Crippen LogP contribution in [0.3, 0.4) is 0 Å². The lowest BCUT2D eigenvalue weighted by Gasteiger charge is -2.28. The number of pyridine rings is 1. The number of morpholine rings is 1. The van der Waals surface area contributed by atoms with Crippen LogP contribution >= 0.6 is 11.6 Å². The summed E-state index contributed by atoms with van der Waals surface area (Å²) in [5.74, 6) is 0.127. The van der Waals surface area contributed by atoms with Gasteiger partial charge in [-0.05, 0) is 49.8 Å². The summed E-state index contributed by atoms with van der Waals surface area (Å²) in [6, 6.07) is 10.6. The number of nitrogens with two attached hydrogens (primary N) is 1. The van der Waals surface area contributed by atoms with E-state index in [1.807, 2.05) is 18.2 Å². The second kappa shape index (κ2) is 9.57.